The molecule has 3 heteroatoms. The molecule has 3 nitrogen and oxygen atoms in total. The summed E-state index contributed by atoms with van der Waals surface area (Å²) in [6.07, 6.45) is 1.78. The van der Waals surface area contributed by atoms with Crippen LogP contribution in [0.25, 0.3) is 10.8 Å². The smallest absolute Gasteiger partial charge is 0.145 e. The van der Waals surface area contributed by atoms with E-state index >= 15 is 0 Å². The molecule has 0 radical (unpaired) electrons. The number of nitrogens with zero attached hydrogens (tertiary/aromatic N) is 1. The molecule has 21 heavy (non-hydrogen) atoms. The van der Waals surface area contributed by atoms with E-state index in [4.69, 9.17) is 4.74 Å². The van der Waals surface area contributed by atoms with Crippen LogP contribution in [-0.4, -0.2) is 10.1 Å². The molecule has 0 fully saturated rings. The third-order valence-electron chi connectivity index (χ3n) is 3.44. The zero-order valence-corrected chi connectivity index (χ0v) is 11.9. The van der Waals surface area contributed by atoms with E-state index in [0.717, 1.165) is 11.1 Å². The Morgan fingerprint density at radius 3 is 2.48 bits per heavy atom. The lowest BCUT2D eigenvalue weighted by Gasteiger charge is -2.09. The van der Waals surface area contributed by atoms with E-state index < -0.39 is 6.10 Å². The van der Waals surface area contributed by atoms with Crippen LogP contribution in [0.5, 0.6) is 11.5 Å². The number of rotatable bonds is 4. The molecule has 0 spiro atoms. The van der Waals surface area contributed by atoms with Crippen molar-refractivity contribution in [3.63, 3.8) is 0 Å². The molecular formula is C18H17NO2. The number of benzene rings is 2. The van der Waals surface area contributed by atoms with E-state index in [1.165, 1.54) is 5.39 Å². The van der Waals surface area contributed by atoms with Gasteiger partial charge in [-0.1, -0.05) is 37.3 Å². The van der Waals surface area contributed by atoms with E-state index in [2.05, 4.69) is 17.1 Å². The fourth-order valence-electron chi connectivity index (χ4n) is 2.23. The molecule has 106 valence electrons. The number of fused-ring (bicyclic) bond motifs is 1. The molecular weight excluding hydrogens is 262 g/mol. The van der Waals surface area contributed by atoms with Crippen molar-refractivity contribution < 1.29 is 9.84 Å². The predicted molar refractivity (Wildman–Crippen MR) is 83.5 cm³/mol. The van der Waals surface area contributed by atoms with Gasteiger partial charge < -0.3 is 9.84 Å². The number of aliphatic hydroxyl groups is 1. The highest BCUT2D eigenvalue weighted by molar-refractivity contribution is 5.83. The van der Waals surface area contributed by atoms with Crippen LogP contribution in [0.1, 0.15) is 25.1 Å². The number of aromatic nitrogens is 1. The SMILES string of the molecule is CC[C@@H](O)c1ccc(Oc2ccc3ccccc3c2)cn1. The lowest BCUT2D eigenvalue weighted by molar-refractivity contribution is 0.169. The summed E-state index contributed by atoms with van der Waals surface area (Å²) in [4.78, 5) is 4.23. The van der Waals surface area contributed by atoms with Gasteiger partial charge in [0.05, 0.1) is 18.0 Å². The van der Waals surface area contributed by atoms with Gasteiger partial charge in [-0.15, -0.1) is 0 Å². The maximum atomic E-state index is 9.72. The van der Waals surface area contributed by atoms with Gasteiger partial charge in [-0.25, -0.2) is 0 Å². The molecule has 0 aliphatic carbocycles. The van der Waals surface area contributed by atoms with Crippen LogP contribution in [0.15, 0.2) is 60.8 Å². The van der Waals surface area contributed by atoms with Crippen molar-refractivity contribution in [2.45, 2.75) is 19.4 Å². The Bertz CT molecular complexity index is 738. The summed E-state index contributed by atoms with van der Waals surface area (Å²) in [6, 6.07) is 17.8. The van der Waals surface area contributed by atoms with Gasteiger partial charge in [-0.2, -0.15) is 0 Å². The first-order valence-corrected chi connectivity index (χ1v) is 7.07. The van der Waals surface area contributed by atoms with Crippen LogP contribution in [0.4, 0.5) is 0 Å². The van der Waals surface area contributed by atoms with Crippen LogP contribution < -0.4 is 4.74 Å². The molecule has 0 aliphatic heterocycles. The molecule has 1 heterocycles. The molecule has 2 aromatic carbocycles. The van der Waals surface area contributed by atoms with Crippen LogP contribution in [0.3, 0.4) is 0 Å². The second-order valence-corrected chi connectivity index (χ2v) is 4.95. The molecule has 1 atom stereocenters. The van der Waals surface area contributed by atoms with Gasteiger partial charge in [0.1, 0.15) is 11.5 Å². The third kappa shape index (κ3) is 3.03. The largest absolute Gasteiger partial charge is 0.456 e. The second-order valence-electron chi connectivity index (χ2n) is 4.95. The highest BCUT2D eigenvalue weighted by atomic mass is 16.5. The Kier molecular flexibility index (Phi) is 3.84. The average molecular weight is 279 g/mol. The molecule has 1 aromatic heterocycles. The van der Waals surface area contributed by atoms with Crippen LogP contribution in [-0.2, 0) is 0 Å². The normalized spacial score (nSPS) is 12.3. The molecule has 0 bridgehead atoms. The van der Waals surface area contributed by atoms with E-state index in [9.17, 15) is 5.11 Å². The lowest BCUT2D eigenvalue weighted by atomic mass is 10.1. The van der Waals surface area contributed by atoms with Gasteiger partial charge in [0.15, 0.2) is 0 Å². The minimum Gasteiger partial charge on any atom is -0.456 e. The van der Waals surface area contributed by atoms with Crippen molar-refractivity contribution >= 4 is 10.8 Å². The number of pyridine rings is 1. The predicted octanol–water partition coefficient (Wildman–Crippen LogP) is 4.47. The van der Waals surface area contributed by atoms with E-state index in [1.807, 2.05) is 43.3 Å². The number of hydrogen-bond acceptors (Lipinski definition) is 3. The van der Waals surface area contributed by atoms with E-state index in [-0.39, 0.29) is 0 Å². The summed E-state index contributed by atoms with van der Waals surface area (Å²) in [5.74, 6) is 1.44. The quantitative estimate of drug-likeness (QED) is 0.766. The van der Waals surface area contributed by atoms with Gasteiger partial charge in [-0.05, 0) is 41.5 Å². The Hall–Kier alpha value is -2.39. The zero-order valence-electron chi connectivity index (χ0n) is 11.9. The van der Waals surface area contributed by atoms with E-state index in [0.29, 0.717) is 17.9 Å². The number of ether oxygens (including phenoxy) is 1. The fourth-order valence-corrected chi connectivity index (χ4v) is 2.23. The van der Waals surface area contributed by atoms with Crippen molar-refractivity contribution in [1.82, 2.24) is 4.98 Å². The third-order valence-corrected chi connectivity index (χ3v) is 3.44. The minimum atomic E-state index is -0.514. The van der Waals surface area contributed by atoms with Gasteiger partial charge in [0.2, 0.25) is 0 Å². The molecule has 3 aromatic rings. The van der Waals surface area contributed by atoms with Gasteiger partial charge >= 0.3 is 0 Å². The summed E-state index contributed by atoms with van der Waals surface area (Å²) in [7, 11) is 0. The number of hydrogen-bond donors (Lipinski definition) is 1. The Balaban J connectivity index is 1.81. The van der Waals surface area contributed by atoms with Crippen molar-refractivity contribution in [3.8, 4) is 11.5 Å². The van der Waals surface area contributed by atoms with Gasteiger partial charge in [0, 0.05) is 0 Å². The molecule has 0 amide bonds. The topological polar surface area (TPSA) is 42.4 Å². The fraction of sp³-hybridized carbons (Fsp3) is 0.167. The molecule has 0 unspecified atom stereocenters. The minimum absolute atomic E-state index is 0.514. The average Bonchev–Trinajstić information content (AvgIpc) is 2.55. The Morgan fingerprint density at radius 2 is 1.76 bits per heavy atom. The molecule has 3 rings (SSSR count). The van der Waals surface area contributed by atoms with Crippen LogP contribution in [0, 0.1) is 0 Å². The summed E-state index contributed by atoms with van der Waals surface area (Å²) < 4.78 is 5.81. The molecule has 1 N–H and O–H groups in total. The monoisotopic (exact) mass is 279 g/mol. The molecule has 0 saturated carbocycles. The van der Waals surface area contributed by atoms with Crippen molar-refractivity contribution in [1.29, 1.82) is 0 Å². The second kappa shape index (κ2) is 5.94. The standard InChI is InChI=1S/C18H17NO2/c1-2-18(20)17-10-9-16(12-19-17)21-15-8-7-13-5-3-4-6-14(13)11-15/h3-12,18,20H,2H2,1H3/t18-/m1/s1. The van der Waals surface area contributed by atoms with Crippen molar-refractivity contribution in [2.75, 3.05) is 0 Å². The van der Waals surface area contributed by atoms with Crippen LogP contribution in [0.2, 0.25) is 0 Å². The Labute approximate surface area is 123 Å². The highest BCUT2D eigenvalue weighted by Crippen LogP contribution is 2.26. The first-order chi connectivity index (χ1) is 10.3. The number of aliphatic hydroxyl groups excluding tert-OH is 1. The van der Waals surface area contributed by atoms with Gasteiger partial charge in [-0.3, -0.25) is 4.98 Å². The Morgan fingerprint density at radius 1 is 1.00 bits per heavy atom. The summed E-state index contributed by atoms with van der Waals surface area (Å²) in [5, 5.41) is 12.0. The first-order valence-electron chi connectivity index (χ1n) is 7.07. The maximum absolute atomic E-state index is 9.72. The summed E-state index contributed by atoms with van der Waals surface area (Å²) in [5.41, 5.74) is 0.670. The molecule has 0 aliphatic rings. The van der Waals surface area contributed by atoms with E-state index in [1.54, 1.807) is 12.3 Å². The van der Waals surface area contributed by atoms with Crippen molar-refractivity contribution in [3.05, 3.63) is 66.5 Å². The summed E-state index contributed by atoms with van der Waals surface area (Å²) >= 11 is 0. The maximum Gasteiger partial charge on any atom is 0.145 e. The van der Waals surface area contributed by atoms with Gasteiger partial charge in [0.25, 0.3) is 0 Å². The zero-order chi connectivity index (χ0) is 14.7. The first kappa shape index (κ1) is 13.6. The lowest BCUT2D eigenvalue weighted by Crippen LogP contribution is -1.98. The highest BCUT2D eigenvalue weighted by Gasteiger charge is 2.06. The summed E-state index contributed by atoms with van der Waals surface area (Å²) in [6.45, 7) is 1.92. The van der Waals surface area contributed by atoms with Crippen molar-refractivity contribution in [2.24, 2.45) is 0 Å². The molecule has 0 saturated heterocycles. The van der Waals surface area contributed by atoms with Crippen LogP contribution >= 0.6 is 0 Å².